The minimum Gasteiger partial charge on any atom is -0.507 e. The number of rotatable bonds is 6. The van der Waals surface area contributed by atoms with Crippen LogP contribution >= 0.6 is 11.6 Å². The molecule has 0 bridgehead atoms. The van der Waals surface area contributed by atoms with Crippen molar-refractivity contribution in [3.63, 3.8) is 0 Å². The summed E-state index contributed by atoms with van der Waals surface area (Å²) in [5.74, 6) is -2.32. The maximum atomic E-state index is 13.2. The number of pyridine rings is 1. The molecule has 0 spiro atoms. The Bertz CT molecular complexity index is 1270. The Hall–Kier alpha value is -3.97. The predicted molar refractivity (Wildman–Crippen MR) is 127 cm³/mol. The molecule has 1 fully saturated rings. The number of aromatic nitrogens is 1. The Kier molecular flexibility index (Phi) is 6.75. The zero-order chi connectivity index (χ0) is 24.2. The van der Waals surface area contributed by atoms with Gasteiger partial charge in [-0.25, -0.2) is 0 Å². The molecule has 0 radical (unpaired) electrons. The number of amides is 1. The lowest BCUT2D eigenvalue weighted by molar-refractivity contribution is -0.142. The molecular weight excluding hydrogens is 456 g/mol. The van der Waals surface area contributed by atoms with Gasteiger partial charge in [-0.2, -0.15) is 0 Å². The molecule has 7 nitrogen and oxygen atoms in total. The average molecular weight is 477 g/mol. The molecule has 8 heteroatoms. The van der Waals surface area contributed by atoms with Gasteiger partial charge in [-0.05, 0) is 48.9 Å². The van der Waals surface area contributed by atoms with Gasteiger partial charge in [0.15, 0.2) is 0 Å². The number of aliphatic hydroxyl groups excluding tert-OH is 1. The van der Waals surface area contributed by atoms with Gasteiger partial charge >= 0.3 is 5.97 Å². The number of aliphatic hydroxyl groups is 1. The van der Waals surface area contributed by atoms with E-state index < -0.39 is 17.7 Å². The highest BCUT2D eigenvalue weighted by Gasteiger charge is 2.47. The number of hydrogen-bond donors (Lipinski definition) is 1. The summed E-state index contributed by atoms with van der Waals surface area (Å²) in [5.41, 5.74) is 1.78. The van der Waals surface area contributed by atoms with Gasteiger partial charge in [-0.3, -0.25) is 24.3 Å². The van der Waals surface area contributed by atoms with Crippen molar-refractivity contribution in [2.24, 2.45) is 0 Å². The van der Waals surface area contributed by atoms with Crippen LogP contribution in [0.25, 0.3) is 5.76 Å². The Morgan fingerprint density at radius 3 is 2.50 bits per heavy atom. The van der Waals surface area contributed by atoms with Gasteiger partial charge < -0.3 is 9.84 Å². The molecule has 1 unspecified atom stereocenters. The number of Topliss-reactive ketones (excluding diaryl/α,β-unsaturated/α-hetero) is 1. The van der Waals surface area contributed by atoms with Crippen molar-refractivity contribution in [2.45, 2.75) is 19.4 Å². The number of halogens is 1. The van der Waals surface area contributed by atoms with Crippen LogP contribution in [0.1, 0.15) is 29.8 Å². The second-order valence-corrected chi connectivity index (χ2v) is 8.02. The first-order valence-electron chi connectivity index (χ1n) is 10.6. The third-order valence-corrected chi connectivity index (χ3v) is 5.61. The molecule has 4 rings (SSSR count). The number of esters is 1. The Labute approximate surface area is 201 Å². The standard InChI is InChI=1S/C26H21ClN2O5/c1-2-34-21(30)14-16-9-11-19(12-10-16)29-23(20-8-3-4-13-28-20)22(25(32)26(29)33)24(31)17-6-5-7-18(27)15-17/h3-13,15,23,31H,2,14H2,1H3/b24-22-. The van der Waals surface area contributed by atoms with Crippen LogP contribution in [0.2, 0.25) is 5.02 Å². The molecule has 2 aromatic carbocycles. The van der Waals surface area contributed by atoms with Gasteiger partial charge in [0.25, 0.3) is 11.7 Å². The number of nitrogens with zero attached hydrogens (tertiary/aromatic N) is 2. The van der Waals surface area contributed by atoms with Crippen LogP contribution in [0.3, 0.4) is 0 Å². The summed E-state index contributed by atoms with van der Waals surface area (Å²) >= 11 is 6.07. The fraction of sp³-hybridized carbons (Fsp3) is 0.154. The summed E-state index contributed by atoms with van der Waals surface area (Å²) in [4.78, 5) is 43.7. The molecule has 1 saturated heterocycles. The highest BCUT2D eigenvalue weighted by Crippen LogP contribution is 2.41. The molecule has 34 heavy (non-hydrogen) atoms. The fourth-order valence-corrected chi connectivity index (χ4v) is 4.05. The Morgan fingerprint density at radius 2 is 1.85 bits per heavy atom. The van der Waals surface area contributed by atoms with E-state index in [9.17, 15) is 19.5 Å². The van der Waals surface area contributed by atoms with E-state index in [0.29, 0.717) is 27.5 Å². The number of ether oxygens (including phenoxy) is 1. The summed E-state index contributed by atoms with van der Waals surface area (Å²) in [6.07, 6.45) is 1.64. The number of benzene rings is 2. The van der Waals surface area contributed by atoms with Crippen molar-refractivity contribution >= 4 is 40.7 Å². The van der Waals surface area contributed by atoms with E-state index in [1.165, 1.54) is 11.0 Å². The van der Waals surface area contributed by atoms with Crippen molar-refractivity contribution < 1.29 is 24.2 Å². The van der Waals surface area contributed by atoms with E-state index in [1.807, 2.05) is 0 Å². The highest BCUT2D eigenvalue weighted by molar-refractivity contribution is 6.51. The van der Waals surface area contributed by atoms with Crippen LogP contribution in [0.4, 0.5) is 5.69 Å². The summed E-state index contributed by atoms with van der Waals surface area (Å²) in [6.45, 7) is 2.02. The highest BCUT2D eigenvalue weighted by atomic mass is 35.5. The molecular formula is C26H21ClN2O5. The maximum Gasteiger partial charge on any atom is 0.310 e. The summed E-state index contributed by atoms with van der Waals surface area (Å²) in [6, 6.07) is 17.3. The van der Waals surface area contributed by atoms with E-state index in [1.54, 1.807) is 73.8 Å². The first-order chi connectivity index (χ1) is 16.4. The Morgan fingerprint density at radius 1 is 1.09 bits per heavy atom. The van der Waals surface area contributed by atoms with E-state index in [0.717, 1.165) is 0 Å². The zero-order valence-corrected chi connectivity index (χ0v) is 19.0. The molecule has 0 aliphatic carbocycles. The summed E-state index contributed by atoms with van der Waals surface area (Å²) in [5, 5.41) is 11.4. The second kappa shape index (κ2) is 9.89. The third-order valence-electron chi connectivity index (χ3n) is 5.38. The number of anilines is 1. The minimum atomic E-state index is -0.948. The number of hydrogen-bond acceptors (Lipinski definition) is 6. The molecule has 3 aromatic rings. The molecule has 1 aromatic heterocycles. The van der Waals surface area contributed by atoms with Crippen molar-refractivity contribution in [3.05, 3.63) is 100 Å². The van der Waals surface area contributed by atoms with E-state index in [4.69, 9.17) is 16.3 Å². The van der Waals surface area contributed by atoms with Crippen LogP contribution in [0, 0.1) is 0 Å². The normalized spacial score (nSPS) is 17.1. The first-order valence-corrected chi connectivity index (χ1v) is 11.0. The van der Waals surface area contributed by atoms with Crippen molar-refractivity contribution in [1.29, 1.82) is 0 Å². The molecule has 1 amide bonds. The van der Waals surface area contributed by atoms with E-state index in [-0.39, 0.29) is 30.3 Å². The van der Waals surface area contributed by atoms with Gasteiger partial charge in [0.2, 0.25) is 0 Å². The van der Waals surface area contributed by atoms with Crippen LogP contribution in [0.5, 0.6) is 0 Å². The van der Waals surface area contributed by atoms with Crippen LogP contribution in [-0.4, -0.2) is 34.4 Å². The van der Waals surface area contributed by atoms with Gasteiger partial charge in [0, 0.05) is 22.5 Å². The Balaban J connectivity index is 1.79. The van der Waals surface area contributed by atoms with Crippen molar-refractivity contribution in [2.75, 3.05) is 11.5 Å². The number of ketones is 1. The van der Waals surface area contributed by atoms with Crippen LogP contribution < -0.4 is 4.90 Å². The van der Waals surface area contributed by atoms with E-state index in [2.05, 4.69) is 4.98 Å². The molecule has 172 valence electrons. The monoisotopic (exact) mass is 476 g/mol. The quantitative estimate of drug-likeness (QED) is 0.244. The topological polar surface area (TPSA) is 96.8 Å². The van der Waals surface area contributed by atoms with Crippen molar-refractivity contribution in [3.8, 4) is 0 Å². The van der Waals surface area contributed by atoms with Gasteiger partial charge in [-0.15, -0.1) is 0 Å². The smallest absolute Gasteiger partial charge is 0.310 e. The SMILES string of the molecule is CCOC(=O)Cc1ccc(N2C(=O)C(=O)/C(=C(\O)c3cccc(Cl)c3)C2c2ccccn2)cc1. The fourth-order valence-electron chi connectivity index (χ4n) is 3.86. The molecule has 1 N–H and O–H groups in total. The van der Waals surface area contributed by atoms with Crippen molar-refractivity contribution in [1.82, 2.24) is 4.98 Å². The molecule has 1 atom stereocenters. The molecule has 1 aliphatic heterocycles. The third kappa shape index (κ3) is 4.56. The van der Waals surface area contributed by atoms with E-state index >= 15 is 0 Å². The van der Waals surface area contributed by atoms with Gasteiger partial charge in [0.1, 0.15) is 11.8 Å². The predicted octanol–water partition coefficient (Wildman–Crippen LogP) is 4.47. The molecule has 0 saturated carbocycles. The number of carbonyl (C=O) groups is 3. The first kappa shape index (κ1) is 23.2. The van der Waals surface area contributed by atoms with Crippen LogP contribution in [-0.2, 0) is 25.5 Å². The lowest BCUT2D eigenvalue weighted by atomic mass is 9.98. The zero-order valence-electron chi connectivity index (χ0n) is 18.3. The molecule has 1 aliphatic rings. The summed E-state index contributed by atoms with van der Waals surface area (Å²) in [7, 11) is 0. The summed E-state index contributed by atoms with van der Waals surface area (Å²) < 4.78 is 4.97. The van der Waals surface area contributed by atoms with Gasteiger partial charge in [-0.1, -0.05) is 41.9 Å². The second-order valence-electron chi connectivity index (χ2n) is 7.58. The maximum absolute atomic E-state index is 13.2. The van der Waals surface area contributed by atoms with Gasteiger partial charge in [0.05, 0.1) is 24.3 Å². The lowest BCUT2D eigenvalue weighted by Crippen LogP contribution is -2.29. The van der Waals surface area contributed by atoms with Crippen LogP contribution in [0.15, 0.2) is 78.5 Å². The lowest BCUT2D eigenvalue weighted by Gasteiger charge is -2.24. The number of carbonyl (C=O) groups excluding carboxylic acids is 3. The molecule has 2 heterocycles. The average Bonchev–Trinajstić information content (AvgIpc) is 3.10. The minimum absolute atomic E-state index is 0.0819. The largest absolute Gasteiger partial charge is 0.507 e.